The molecule has 0 saturated carbocycles. The van der Waals surface area contributed by atoms with E-state index >= 15 is 0 Å². The summed E-state index contributed by atoms with van der Waals surface area (Å²) in [5.41, 5.74) is 0.404. The van der Waals surface area contributed by atoms with E-state index in [2.05, 4.69) is 21.2 Å². The molecule has 1 amide bonds. The molecule has 2 nitrogen and oxygen atoms in total. The fourth-order valence-corrected chi connectivity index (χ4v) is 2.00. The largest absolute Gasteiger partial charge is 0.347 e. The van der Waals surface area contributed by atoms with Crippen LogP contribution in [-0.2, 0) is 0 Å². The Hall–Kier alpha value is -0.540. The highest BCUT2D eigenvalue weighted by Gasteiger charge is 2.20. The highest BCUT2D eigenvalue weighted by Crippen LogP contribution is 2.22. The molecule has 0 bridgehead atoms. The van der Waals surface area contributed by atoms with Crippen LogP contribution in [0.25, 0.3) is 0 Å². The number of rotatable bonds is 3. The number of nitrogens with one attached hydrogen (secondary N) is 1. The molecule has 0 aliphatic carbocycles. The smallest absolute Gasteiger partial charge is 0.252 e. The van der Waals surface area contributed by atoms with Gasteiger partial charge in [0.2, 0.25) is 0 Å². The van der Waals surface area contributed by atoms with Crippen molar-refractivity contribution in [3.05, 3.63) is 33.3 Å². The molecular weight excluding hydrogens is 289 g/mol. The maximum atomic E-state index is 12.0. The Bertz CT molecular complexity index is 404. The van der Waals surface area contributed by atoms with Gasteiger partial charge in [-0.1, -0.05) is 18.5 Å². The lowest BCUT2D eigenvalue weighted by Crippen LogP contribution is -2.42. The molecular formula is C12H15BrClNO. The zero-order chi connectivity index (χ0) is 12.3. The molecule has 0 heterocycles. The van der Waals surface area contributed by atoms with Crippen LogP contribution in [0.5, 0.6) is 0 Å². The van der Waals surface area contributed by atoms with Crippen molar-refractivity contribution in [3.8, 4) is 0 Å². The minimum Gasteiger partial charge on any atom is -0.347 e. The molecule has 0 aliphatic heterocycles. The molecule has 1 rings (SSSR count). The number of carbonyl (C=O) groups excluding carboxylic acids is 1. The lowest BCUT2D eigenvalue weighted by Gasteiger charge is -2.24. The number of hydrogen-bond acceptors (Lipinski definition) is 1. The summed E-state index contributed by atoms with van der Waals surface area (Å²) >= 11 is 9.15. The Kier molecular flexibility index (Phi) is 4.39. The van der Waals surface area contributed by atoms with Gasteiger partial charge in [-0.15, -0.1) is 0 Å². The first-order valence-corrected chi connectivity index (χ1v) is 6.30. The first-order chi connectivity index (χ1) is 7.35. The van der Waals surface area contributed by atoms with Crippen molar-refractivity contribution in [3.63, 3.8) is 0 Å². The topological polar surface area (TPSA) is 29.1 Å². The van der Waals surface area contributed by atoms with E-state index in [1.807, 2.05) is 20.8 Å². The molecule has 88 valence electrons. The molecule has 1 N–H and O–H groups in total. The van der Waals surface area contributed by atoms with Crippen molar-refractivity contribution in [1.29, 1.82) is 0 Å². The Balaban J connectivity index is 2.89. The molecule has 0 saturated heterocycles. The van der Waals surface area contributed by atoms with Crippen molar-refractivity contribution in [2.45, 2.75) is 32.7 Å². The highest BCUT2D eigenvalue weighted by molar-refractivity contribution is 9.10. The first kappa shape index (κ1) is 13.5. The predicted octanol–water partition coefficient (Wildman–Crippen LogP) is 4.02. The van der Waals surface area contributed by atoms with Gasteiger partial charge in [-0.2, -0.15) is 0 Å². The molecule has 0 aromatic heterocycles. The van der Waals surface area contributed by atoms with E-state index in [1.54, 1.807) is 18.2 Å². The second kappa shape index (κ2) is 5.19. The first-order valence-electron chi connectivity index (χ1n) is 5.13. The fraction of sp³-hybridized carbons (Fsp3) is 0.417. The minimum absolute atomic E-state index is 0.0876. The van der Waals surface area contributed by atoms with Crippen LogP contribution < -0.4 is 5.32 Å². The van der Waals surface area contributed by atoms with Crippen molar-refractivity contribution < 1.29 is 4.79 Å². The van der Waals surface area contributed by atoms with Crippen LogP contribution in [0.15, 0.2) is 22.7 Å². The van der Waals surface area contributed by atoms with Gasteiger partial charge in [-0.3, -0.25) is 4.79 Å². The summed E-state index contributed by atoms with van der Waals surface area (Å²) < 4.78 is 0.712. The lowest BCUT2D eigenvalue weighted by atomic mass is 10.0. The van der Waals surface area contributed by atoms with E-state index in [9.17, 15) is 4.79 Å². The van der Waals surface area contributed by atoms with E-state index in [4.69, 9.17) is 11.6 Å². The third kappa shape index (κ3) is 3.49. The Morgan fingerprint density at radius 1 is 1.50 bits per heavy atom. The quantitative estimate of drug-likeness (QED) is 0.898. The molecule has 0 fully saturated rings. The van der Waals surface area contributed by atoms with Crippen LogP contribution in [0.1, 0.15) is 37.6 Å². The van der Waals surface area contributed by atoms with Gasteiger partial charge in [0, 0.05) is 15.0 Å². The molecule has 0 aliphatic rings. The molecule has 1 aromatic rings. The lowest BCUT2D eigenvalue weighted by molar-refractivity contribution is 0.0910. The van der Waals surface area contributed by atoms with Gasteiger partial charge in [0.05, 0.1) is 5.56 Å². The van der Waals surface area contributed by atoms with Crippen molar-refractivity contribution in [2.75, 3.05) is 0 Å². The minimum atomic E-state index is -0.198. The SMILES string of the molecule is CCC(C)(C)NC(=O)c1ccc(Cl)cc1Br. The number of amides is 1. The predicted molar refractivity (Wildman–Crippen MR) is 71.0 cm³/mol. The average molecular weight is 305 g/mol. The summed E-state index contributed by atoms with van der Waals surface area (Å²) in [4.78, 5) is 12.0. The summed E-state index contributed by atoms with van der Waals surface area (Å²) in [6, 6.07) is 5.14. The Morgan fingerprint density at radius 2 is 2.12 bits per heavy atom. The van der Waals surface area contributed by atoms with Crippen LogP contribution in [-0.4, -0.2) is 11.4 Å². The van der Waals surface area contributed by atoms with Gasteiger partial charge >= 0.3 is 0 Å². The summed E-state index contributed by atoms with van der Waals surface area (Å²) in [6.45, 7) is 6.03. The molecule has 0 spiro atoms. The van der Waals surface area contributed by atoms with E-state index in [0.29, 0.717) is 15.1 Å². The van der Waals surface area contributed by atoms with Crippen molar-refractivity contribution in [1.82, 2.24) is 5.32 Å². The van der Waals surface area contributed by atoms with Crippen LogP contribution in [0.2, 0.25) is 5.02 Å². The third-order valence-electron chi connectivity index (χ3n) is 2.51. The molecule has 4 heteroatoms. The average Bonchev–Trinajstić information content (AvgIpc) is 2.16. The van der Waals surface area contributed by atoms with Gasteiger partial charge in [-0.05, 0) is 54.4 Å². The number of carbonyl (C=O) groups is 1. The molecule has 0 unspecified atom stereocenters. The third-order valence-corrected chi connectivity index (χ3v) is 3.40. The van der Waals surface area contributed by atoms with E-state index in [-0.39, 0.29) is 11.4 Å². The standard InChI is InChI=1S/C12H15BrClNO/c1-4-12(2,3)15-11(16)9-6-5-8(14)7-10(9)13/h5-7H,4H2,1-3H3,(H,15,16). The monoisotopic (exact) mass is 303 g/mol. The fourth-order valence-electron chi connectivity index (χ4n) is 1.14. The summed E-state index contributed by atoms with van der Waals surface area (Å²) in [6.07, 6.45) is 0.879. The zero-order valence-electron chi connectivity index (χ0n) is 9.60. The maximum Gasteiger partial charge on any atom is 0.252 e. The normalized spacial score (nSPS) is 11.3. The van der Waals surface area contributed by atoms with Crippen LogP contribution in [0.4, 0.5) is 0 Å². The summed E-state index contributed by atoms with van der Waals surface area (Å²) in [7, 11) is 0. The molecule has 16 heavy (non-hydrogen) atoms. The van der Waals surface area contributed by atoms with Crippen molar-refractivity contribution in [2.24, 2.45) is 0 Å². The van der Waals surface area contributed by atoms with Gasteiger partial charge in [-0.25, -0.2) is 0 Å². The molecule has 0 atom stereocenters. The summed E-state index contributed by atoms with van der Waals surface area (Å²) in [5.74, 6) is -0.0876. The molecule has 0 radical (unpaired) electrons. The number of benzene rings is 1. The molecule has 1 aromatic carbocycles. The van der Waals surface area contributed by atoms with Gasteiger partial charge in [0.15, 0.2) is 0 Å². The van der Waals surface area contributed by atoms with Gasteiger partial charge < -0.3 is 5.32 Å². The zero-order valence-corrected chi connectivity index (χ0v) is 11.9. The van der Waals surface area contributed by atoms with E-state index < -0.39 is 0 Å². The van der Waals surface area contributed by atoms with Crippen LogP contribution in [0, 0.1) is 0 Å². The Morgan fingerprint density at radius 3 is 2.62 bits per heavy atom. The summed E-state index contributed by atoms with van der Waals surface area (Å²) in [5, 5.41) is 3.58. The van der Waals surface area contributed by atoms with Crippen molar-refractivity contribution >= 4 is 33.4 Å². The van der Waals surface area contributed by atoms with E-state index in [1.165, 1.54) is 0 Å². The number of hydrogen-bond donors (Lipinski definition) is 1. The number of halogens is 2. The second-order valence-corrected chi connectivity index (χ2v) is 5.61. The maximum absolute atomic E-state index is 12.0. The van der Waals surface area contributed by atoms with Crippen LogP contribution in [0.3, 0.4) is 0 Å². The van der Waals surface area contributed by atoms with Gasteiger partial charge in [0.1, 0.15) is 0 Å². The second-order valence-electron chi connectivity index (χ2n) is 4.32. The van der Waals surface area contributed by atoms with E-state index in [0.717, 1.165) is 6.42 Å². The highest BCUT2D eigenvalue weighted by atomic mass is 79.9. The van der Waals surface area contributed by atoms with Crippen LogP contribution >= 0.6 is 27.5 Å². The Labute approximate surface area is 110 Å². The van der Waals surface area contributed by atoms with Gasteiger partial charge in [0.25, 0.3) is 5.91 Å².